The standard InChI is InChI=1S/C9H17N/c1-5-6-10-9(4)7-8(2)3/h1,8-10H,6-7H2,2-4H3. The van der Waals surface area contributed by atoms with E-state index in [2.05, 4.69) is 32.0 Å². The van der Waals surface area contributed by atoms with Crippen molar-refractivity contribution in [3.05, 3.63) is 0 Å². The first-order chi connectivity index (χ1) is 4.66. The molecular formula is C9H17N. The molecule has 1 nitrogen and oxygen atoms in total. The summed E-state index contributed by atoms with van der Waals surface area (Å²) in [5, 5.41) is 3.23. The van der Waals surface area contributed by atoms with Crippen LogP contribution in [0.1, 0.15) is 27.2 Å². The van der Waals surface area contributed by atoms with Crippen LogP contribution >= 0.6 is 0 Å². The quantitative estimate of drug-likeness (QED) is 0.584. The van der Waals surface area contributed by atoms with Crippen molar-refractivity contribution in [2.24, 2.45) is 5.92 Å². The average molecular weight is 139 g/mol. The molecule has 0 heterocycles. The molecule has 0 saturated carbocycles. The molecule has 0 aromatic rings. The number of hydrogen-bond donors (Lipinski definition) is 1. The van der Waals surface area contributed by atoms with Crippen molar-refractivity contribution >= 4 is 0 Å². The molecule has 0 fully saturated rings. The van der Waals surface area contributed by atoms with Crippen molar-refractivity contribution in [1.29, 1.82) is 0 Å². The average Bonchev–Trinajstić information content (AvgIpc) is 1.82. The maximum absolute atomic E-state index is 5.10. The lowest BCUT2D eigenvalue weighted by atomic mass is 10.1. The third-order valence-electron chi connectivity index (χ3n) is 1.38. The predicted molar refractivity (Wildman–Crippen MR) is 45.8 cm³/mol. The van der Waals surface area contributed by atoms with E-state index in [1.165, 1.54) is 6.42 Å². The maximum Gasteiger partial charge on any atom is 0.0575 e. The molecule has 0 saturated heterocycles. The zero-order valence-corrected chi connectivity index (χ0v) is 7.15. The first-order valence-corrected chi connectivity index (χ1v) is 3.83. The Labute approximate surface area is 64.2 Å². The van der Waals surface area contributed by atoms with Crippen molar-refractivity contribution in [3.8, 4) is 12.3 Å². The van der Waals surface area contributed by atoms with E-state index in [9.17, 15) is 0 Å². The lowest BCUT2D eigenvalue weighted by Gasteiger charge is -2.13. The molecule has 0 aliphatic rings. The summed E-state index contributed by atoms with van der Waals surface area (Å²) in [6, 6.07) is 0.552. The third-order valence-corrected chi connectivity index (χ3v) is 1.38. The molecule has 0 aromatic carbocycles. The van der Waals surface area contributed by atoms with Crippen LogP contribution < -0.4 is 5.32 Å². The Morgan fingerprint density at radius 3 is 2.40 bits per heavy atom. The fraction of sp³-hybridized carbons (Fsp3) is 0.778. The van der Waals surface area contributed by atoms with E-state index in [0.717, 1.165) is 5.92 Å². The Morgan fingerprint density at radius 2 is 2.00 bits per heavy atom. The third kappa shape index (κ3) is 5.65. The maximum atomic E-state index is 5.10. The van der Waals surface area contributed by atoms with Crippen LogP contribution in [-0.2, 0) is 0 Å². The molecule has 1 atom stereocenters. The summed E-state index contributed by atoms with van der Waals surface area (Å²) in [6.07, 6.45) is 6.29. The van der Waals surface area contributed by atoms with Gasteiger partial charge >= 0.3 is 0 Å². The lowest BCUT2D eigenvalue weighted by Crippen LogP contribution is -2.27. The van der Waals surface area contributed by atoms with Gasteiger partial charge in [-0.3, -0.25) is 0 Å². The lowest BCUT2D eigenvalue weighted by molar-refractivity contribution is 0.459. The highest BCUT2D eigenvalue weighted by Gasteiger charge is 2.01. The van der Waals surface area contributed by atoms with Gasteiger partial charge in [0, 0.05) is 6.04 Å². The van der Waals surface area contributed by atoms with E-state index in [4.69, 9.17) is 6.42 Å². The summed E-state index contributed by atoms with van der Waals surface area (Å²) in [6.45, 7) is 7.29. The second kappa shape index (κ2) is 5.32. The monoisotopic (exact) mass is 139 g/mol. The van der Waals surface area contributed by atoms with E-state index in [-0.39, 0.29) is 0 Å². The van der Waals surface area contributed by atoms with Gasteiger partial charge in [-0.05, 0) is 19.3 Å². The Bertz CT molecular complexity index is 110. The fourth-order valence-corrected chi connectivity index (χ4v) is 1.02. The van der Waals surface area contributed by atoms with Gasteiger partial charge in [0.05, 0.1) is 6.54 Å². The van der Waals surface area contributed by atoms with E-state index in [0.29, 0.717) is 12.6 Å². The molecule has 0 spiro atoms. The van der Waals surface area contributed by atoms with E-state index < -0.39 is 0 Å². The van der Waals surface area contributed by atoms with Crippen molar-refractivity contribution in [2.45, 2.75) is 33.2 Å². The molecule has 0 bridgehead atoms. The summed E-state index contributed by atoms with van der Waals surface area (Å²) in [5.41, 5.74) is 0. The molecule has 1 N–H and O–H groups in total. The van der Waals surface area contributed by atoms with Crippen LogP contribution in [-0.4, -0.2) is 12.6 Å². The van der Waals surface area contributed by atoms with E-state index in [1.54, 1.807) is 0 Å². The fourth-order valence-electron chi connectivity index (χ4n) is 1.02. The van der Waals surface area contributed by atoms with Crippen LogP contribution in [0.3, 0.4) is 0 Å². The zero-order valence-electron chi connectivity index (χ0n) is 7.15. The normalized spacial score (nSPS) is 13.1. The Morgan fingerprint density at radius 1 is 1.40 bits per heavy atom. The van der Waals surface area contributed by atoms with Gasteiger partial charge in [0.25, 0.3) is 0 Å². The Kier molecular flexibility index (Phi) is 5.06. The van der Waals surface area contributed by atoms with Crippen LogP contribution in [0.5, 0.6) is 0 Å². The first-order valence-electron chi connectivity index (χ1n) is 3.83. The molecule has 1 heteroatoms. The molecule has 10 heavy (non-hydrogen) atoms. The molecule has 0 aliphatic carbocycles. The molecule has 58 valence electrons. The number of rotatable bonds is 4. The van der Waals surface area contributed by atoms with Crippen molar-refractivity contribution in [1.82, 2.24) is 5.32 Å². The van der Waals surface area contributed by atoms with Gasteiger partial charge < -0.3 is 5.32 Å². The molecule has 0 rings (SSSR count). The van der Waals surface area contributed by atoms with E-state index in [1.807, 2.05) is 0 Å². The summed E-state index contributed by atoms with van der Waals surface area (Å²) in [5.74, 6) is 3.31. The van der Waals surface area contributed by atoms with Crippen LogP contribution in [0, 0.1) is 18.3 Å². The van der Waals surface area contributed by atoms with Crippen LogP contribution in [0.4, 0.5) is 0 Å². The number of terminal acetylenes is 1. The highest BCUT2D eigenvalue weighted by molar-refractivity contribution is 4.87. The predicted octanol–water partition coefficient (Wildman–Crippen LogP) is 1.64. The van der Waals surface area contributed by atoms with Gasteiger partial charge in [-0.25, -0.2) is 0 Å². The van der Waals surface area contributed by atoms with Gasteiger partial charge in [-0.1, -0.05) is 19.8 Å². The SMILES string of the molecule is C#CCNC(C)CC(C)C. The minimum atomic E-state index is 0.552. The summed E-state index contributed by atoms with van der Waals surface area (Å²) in [4.78, 5) is 0. The van der Waals surface area contributed by atoms with E-state index >= 15 is 0 Å². The van der Waals surface area contributed by atoms with Crippen molar-refractivity contribution < 1.29 is 0 Å². The Balaban J connectivity index is 3.27. The van der Waals surface area contributed by atoms with Crippen LogP contribution in [0.25, 0.3) is 0 Å². The summed E-state index contributed by atoms with van der Waals surface area (Å²) < 4.78 is 0. The van der Waals surface area contributed by atoms with Gasteiger partial charge in [0.2, 0.25) is 0 Å². The largest absolute Gasteiger partial charge is 0.304 e. The minimum Gasteiger partial charge on any atom is -0.304 e. The van der Waals surface area contributed by atoms with Crippen LogP contribution in [0.15, 0.2) is 0 Å². The summed E-state index contributed by atoms with van der Waals surface area (Å²) in [7, 11) is 0. The second-order valence-corrected chi connectivity index (χ2v) is 3.12. The minimum absolute atomic E-state index is 0.552. The Hall–Kier alpha value is -0.480. The van der Waals surface area contributed by atoms with Gasteiger partial charge in [0.1, 0.15) is 0 Å². The zero-order chi connectivity index (χ0) is 7.98. The molecular weight excluding hydrogens is 122 g/mol. The molecule has 0 aromatic heterocycles. The smallest absolute Gasteiger partial charge is 0.0575 e. The van der Waals surface area contributed by atoms with Gasteiger partial charge in [-0.2, -0.15) is 0 Å². The first kappa shape index (κ1) is 9.52. The molecule has 0 amide bonds. The second-order valence-electron chi connectivity index (χ2n) is 3.12. The van der Waals surface area contributed by atoms with Crippen molar-refractivity contribution in [2.75, 3.05) is 6.54 Å². The number of hydrogen-bond acceptors (Lipinski definition) is 1. The molecule has 0 radical (unpaired) electrons. The van der Waals surface area contributed by atoms with Crippen LogP contribution in [0.2, 0.25) is 0 Å². The summed E-state index contributed by atoms with van der Waals surface area (Å²) >= 11 is 0. The molecule has 0 aliphatic heterocycles. The molecule has 1 unspecified atom stereocenters. The van der Waals surface area contributed by atoms with Crippen molar-refractivity contribution in [3.63, 3.8) is 0 Å². The van der Waals surface area contributed by atoms with Gasteiger partial charge in [-0.15, -0.1) is 6.42 Å². The van der Waals surface area contributed by atoms with Gasteiger partial charge in [0.15, 0.2) is 0 Å². The number of nitrogens with one attached hydrogen (secondary N) is 1. The topological polar surface area (TPSA) is 12.0 Å². The highest BCUT2D eigenvalue weighted by atomic mass is 14.9. The highest BCUT2D eigenvalue weighted by Crippen LogP contribution is 2.02.